The quantitative estimate of drug-likeness (QED) is 0.529. The molecule has 4 rings (SSSR count). The number of carboxylic acids is 1. The number of anilines is 2. The van der Waals surface area contributed by atoms with Gasteiger partial charge in [-0.25, -0.2) is 19.2 Å². The van der Waals surface area contributed by atoms with Crippen LogP contribution in [0.25, 0.3) is 10.2 Å². The normalized spacial score (nSPS) is 20.9. The molecule has 8 nitrogen and oxygen atoms in total. The van der Waals surface area contributed by atoms with E-state index in [1.807, 2.05) is 0 Å². The van der Waals surface area contributed by atoms with E-state index < -0.39 is 11.8 Å². The standard InChI is InChI=1S/C22H24FN3O5S/c1-11-18-20(24-10-25-21(18)32-19(11)22(27)28)26-16-5-4-12(23)6-17(16)31-15-8-13(29-2)7-14(9-15)30-3/h4-6,10,13-15H,7-9H2,1-3H3,(H,27,28)(H,24,25,26). The third-order valence-corrected chi connectivity index (χ3v) is 6.84. The molecule has 0 amide bonds. The maximum Gasteiger partial charge on any atom is 0.346 e. The van der Waals surface area contributed by atoms with Crippen molar-refractivity contribution in [1.29, 1.82) is 0 Å². The maximum atomic E-state index is 14.1. The Kier molecular flexibility index (Phi) is 6.54. The number of nitrogens with one attached hydrogen (secondary N) is 1. The average Bonchev–Trinajstić information content (AvgIpc) is 3.13. The molecule has 1 fully saturated rings. The summed E-state index contributed by atoms with van der Waals surface area (Å²) in [7, 11) is 3.31. The Morgan fingerprint density at radius 2 is 1.84 bits per heavy atom. The number of carboxylic acid groups (broad SMARTS) is 1. The minimum atomic E-state index is -1.01. The van der Waals surface area contributed by atoms with Crippen molar-refractivity contribution in [2.24, 2.45) is 0 Å². The molecule has 1 aliphatic rings. The number of aromatic carboxylic acids is 1. The molecule has 32 heavy (non-hydrogen) atoms. The number of aryl methyl sites for hydroxylation is 1. The highest BCUT2D eigenvalue weighted by molar-refractivity contribution is 7.20. The topological polar surface area (TPSA) is 103 Å². The number of carbonyl (C=O) groups is 1. The number of nitrogens with zero attached hydrogens (tertiary/aromatic N) is 2. The van der Waals surface area contributed by atoms with E-state index in [1.54, 1.807) is 27.2 Å². The fraction of sp³-hybridized carbons (Fsp3) is 0.409. The van der Waals surface area contributed by atoms with Crippen LogP contribution in [0.2, 0.25) is 0 Å². The number of thiophene rings is 1. The number of hydrogen-bond donors (Lipinski definition) is 2. The van der Waals surface area contributed by atoms with Crippen LogP contribution in [-0.4, -0.2) is 53.6 Å². The summed E-state index contributed by atoms with van der Waals surface area (Å²) < 4.78 is 31.3. The van der Waals surface area contributed by atoms with Gasteiger partial charge in [-0.05, 0) is 24.6 Å². The van der Waals surface area contributed by atoms with Crippen molar-refractivity contribution in [2.75, 3.05) is 19.5 Å². The van der Waals surface area contributed by atoms with E-state index in [9.17, 15) is 14.3 Å². The summed E-state index contributed by atoms with van der Waals surface area (Å²) in [5.41, 5.74) is 1.09. The van der Waals surface area contributed by atoms with Gasteiger partial charge in [-0.1, -0.05) is 0 Å². The highest BCUT2D eigenvalue weighted by Crippen LogP contribution is 2.37. The first-order valence-electron chi connectivity index (χ1n) is 10.2. The smallest absolute Gasteiger partial charge is 0.346 e. The molecule has 0 saturated heterocycles. The third-order valence-electron chi connectivity index (χ3n) is 5.66. The molecule has 3 aromatic rings. The van der Waals surface area contributed by atoms with Crippen LogP contribution in [0, 0.1) is 12.7 Å². The highest BCUT2D eigenvalue weighted by Gasteiger charge is 2.31. The van der Waals surface area contributed by atoms with Gasteiger partial charge in [-0.2, -0.15) is 0 Å². The first kappa shape index (κ1) is 22.4. The van der Waals surface area contributed by atoms with E-state index >= 15 is 0 Å². The number of halogens is 1. The lowest BCUT2D eigenvalue weighted by Gasteiger charge is -2.34. The van der Waals surface area contributed by atoms with E-state index in [-0.39, 0.29) is 23.2 Å². The number of ether oxygens (including phenoxy) is 3. The monoisotopic (exact) mass is 461 g/mol. The second-order valence-electron chi connectivity index (χ2n) is 7.69. The molecule has 2 N–H and O–H groups in total. The molecule has 0 aliphatic heterocycles. The molecular formula is C22H24FN3O5S. The van der Waals surface area contributed by atoms with Gasteiger partial charge < -0.3 is 24.6 Å². The SMILES string of the molecule is COC1CC(OC)CC(Oc2cc(F)ccc2Nc2ncnc3sc(C(=O)O)c(C)c23)C1. The van der Waals surface area contributed by atoms with Crippen molar-refractivity contribution in [3.8, 4) is 5.75 Å². The molecule has 2 unspecified atom stereocenters. The van der Waals surface area contributed by atoms with Gasteiger partial charge in [-0.3, -0.25) is 0 Å². The van der Waals surface area contributed by atoms with Crippen molar-refractivity contribution in [2.45, 2.75) is 44.5 Å². The second kappa shape index (κ2) is 9.35. The first-order valence-corrected chi connectivity index (χ1v) is 11.0. The fourth-order valence-corrected chi connectivity index (χ4v) is 5.01. The van der Waals surface area contributed by atoms with E-state index in [1.165, 1.54) is 18.5 Å². The zero-order valence-corrected chi connectivity index (χ0v) is 18.7. The molecule has 1 saturated carbocycles. The van der Waals surface area contributed by atoms with Crippen molar-refractivity contribution in [3.05, 3.63) is 40.8 Å². The Hall–Kier alpha value is -2.82. The van der Waals surface area contributed by atoms with Crippen LogP contribution < -0.4 is 10.1 Å². The number of fused-ring (bicyclic) bond motifs is 1. The van der Waals surface area contributed by atoms with Gasteiger partial charge in [0.05, 0.1) is 23.3 Å². The predicted molar refractivity (Wildman–Crippen MR) is 119 cm³/mol. The molecule has 0 bridgehead atoms. The van der Waals surface area contributed by atoms with Gasteiger partial charge >= 0.3 is 5.97 Å². The zero-order valence-electron chi connectivity index (χ0n) is 17.9. The number of methoxy groups -OCH3 is 2. The van der Waals surface area contributed by atoms with Crippen molar-refractivity contribution in [3.63, 3.8) is 0 Å². The summed E-state index contributed by atoms with van der Waals surface area (Å²) in [5.74, 6) is -0.679. The van der Waals surface area contributed by atoms with Crippen LogP contribution >= 0.6 is 11.3 Å². The largest absolute Gasteiger partial charge is 0.488 e. The third kappa shape index (κ3) is 4.52. The Morgan fingerprint density at radius 3 is 2.50 bits per heavy atom. The molecular weight excluding hydrogens is 437 g/mol. The van der Waals surface area contributed by atoms with Crippen LogP contribution in [0.5, 0.6) is 5.75 Å². The lowest BCUT2D eigenvalue weighted by atomic mass is 9.92. The second-order valence-corrected chi connectivity index (χ2v) is 8.69. The number of aromatic nitrogens is 2. The lowest BCUT2D eigenvalue weighted by Crippen LogP contribution is -2.38. The Labute approximate surface area is 188 Å². The van der Waals surface area contributed by atoms with Gasteiger partial charge in [0.25, 0.3) is 0 Å². The molecule has 2 atom stereocenters. The van der Waals surface area contributed by atoms with Gasteiger partial charge in [0, 0.05) is 39.5 Å². The van der Waals surface area contributed by atoms with Crippen molar-refractivity contribution in [1.82, 2.24) is 9.97 Å². The van der Waals surface area contributed by atoms with Gasteiger partial charge in [0.1, 0.15) is 39.5 Å². The molecule has 170 valence electrons. The predicted octanol–water partition coefficient (Wildman–Crippen LogP) is 4.54. The van der Waals surface area contributed by atoms with Crippen molar-refractivity contribution < 1.29 is 28.5 Å². The minimum Gasteiger partial charge on any atom is -0.488 e. The summed E-state index contributed by atoms with van der Waals surface area (Å²) in [4.78, 5) is 20.8. The minimum absolute atomic E-state index is 0.00643. The molecule has 2 aromatic heterocycles. The summed E-state index contributed by atoms with van der Waals surface area (Å²) in [6.45, 7) is 1.72. The lowest BCUT2D eigenvalue weighted by molar-refractivity contribution is -0.0498. The van der Waals surface area contributed by atoms with E-state index in [2.05, 4.69) is 15.3 Å². The van der Waals surface area contributed by atoms with Crippen LogP contribution in [0.15, 0.2) is 24.5 Å². The van der Waals surface area contributed by atoms with Crippen LogP contribution in [0.1, 0.15) is 34.5 Å². The van der Waals surface area contributed by atoms with E-state index in [0.717, 1.165) is 17.8 Å². The average molecular weight is 462 g/mol. The first-order chi connectivity index (χ1) is 15.4. The molecule has 0 radical (unpaired) electrons. The number of benzene rings is 1. The summed E-state index contributed by atoms with van der Waals surface area (Å²) in [6.07, 6.45) is 3.24. The Morgan fingerprint density at radius 1 is 1.16 bits per heavy atom. The summed E-state index contributed by atoms with van der Waals surface area (Å²) in [6, 6.07) is 4.22. The Balaban J connectivity index is 1.66. The highest BCUT2D eigenvalue weighted by atomic mass is 32.1. The van der Waals surface area contributed by atoms with Crippen LogP contribution in [0.3, 0.4) is 0 Å². The number of hydrogen-bond acceptors (Lipinski definition) is 8. The molecule has 0 spiro atoms. The molecule has 10 heteroatoms. The summed E-state index contributed by atoms with van der Waals surface area (Å²) >= 11 is 1.09. The van der Waals surface area contributed by atoms with Gasteiger partial charge in [0.2, 0.25) is 0 Å². The fourth-order valence-electron chi connectivity index (χ4n) is 4.02. The van der Waals surface area contributed by atoms with Crippen LogP contribution in [0.4, 0.5) is 15.9 Å². The van der Waals surface area contributed by atoms with Gasteiger partial charge in [0.15, 0.2) is 0 Å². The van der Waals surface area contributed by atoms with Gasteiger partial charge in [-0.15, -0.1) is 11.3 Å². The summed E-state index contributed by atoms with van der Waals surface area (Å²) in [5, 5.41) is 13.2. The van der Waals surface area contributed by atoms with E-state index in [4.69, 9.17) is 14.2 Å². The van der Waals surface area contributed by atoms with Crippen molar-refractivity contribution >= 4 is 39.0 Å². The van der Waals surface area contributed by atoms with Crippen LogP contribution in [-0.2, 0) is 9.47 Å². The molecule has 1 aromatic carbocycles. The maximum absolute atomic E-state index is 14.1. The number of rotatable bonds is 7. The Bertz CT molecular complexity index is 1130. The molecule has 1 aliphatic carbocycles. The zero-order chi connectivity index (χ0) is 22.8. The molecule has 2 heterocycles. The van der Waals surface area contributed by atoms with E-state index in [0.29, 0.717) is 45.9 Å².